The minimum atomic E-state index is -0.670. The minimum Gasteiger partial charge on any atom is -0.465 e. The van der Waals surface area contributed by atoms with Crippen molar-refractivity contribution in [2.75, 3.05) is 19.1 Å². The molecule has 0 N–H and O–H groups in total. The van der Waals surface area contributed by atoms with Gasteiger partial charge in [-0.15, -0.1) is 0 Å². The molecule has 3 aromatic rings. The van der Waals surface area contributed by atoms with E-state index in [0.717, 1.165) is 5.56 Å². The first-order chi connectivity index (χ1) is 15.0. The van der Waals surface area contributed by atoms with E-state index in [4.69, 9.17) is 14.2 Å². The van der Waals surface area contributed by atoms with Gasteiger partial charge in [0, 0.05) is 13.1 Å². The summed E-state index contributed by atoms with van der Waals surface area (Å²) in [6.45, 7) is 0.111. The van der Waals surface area contributed by atoms with Crippen molar-refractivity contribution in [3.05, 3.63) is 95.6 Å². The molecule has 0 bridgehead atoms. The van der Waals surface area contributed by atoms with Crippen molar-refractivity contribution in [1.29, 1.82) is 0 Å². The van der Waals surface area contributed by atoms with Crippen LogP contribution in [0.1, 0.15) is 26.3 Å². The molecule has 0 aromatic heterocycles. The lowest BCUT2D eigenvalue weighted by atomic mass is 10.1. The van der Waals surface area contributed by atoms with E-state index in [1.807, 2.05) is 30.3 Å². The van der Waals surface area contributed by atoms with E-state index < -0.39 is 18.0 Å². The first-order valence-corrected chi connectivity index (χ1v) is 9.43. The molecule has 0 atom stereocenters. The molecule has 0 fully saturated rings. The van der Waals surface area contributed by atoms with Crippen molar-refractivity contribution >= 4 is 23.7 Å². The molecule has 0 saturated carbocycles. The first-order valence-electron chi connectivity index (χ1n) is 9.43. The number of ether oxygens (including phenoxy) is 3. The van der Waals surface area contributed by atoms with Crippen molar-refractivity contribution in [3.63, 3.8) is 0 Å². The third-order valence-corrected chi connectivity index (χ3v) is 4.45. The maximum atomic E-state index is 12.5. The number of nitrogens with zero attached hydrogens (tertiary/aromatic N) is 1. The van der Waals surface area contributed by atoms with E-state index in [2.05, 4.69) is 0 Å². The van der Waals surface area contributed by atoms with Gasteiger partial charge in [-0.2, -0.15) is 0 Å². The number of esters is 2. The van der Waals surface area contributed by atoms with Crippen molar-refractivity contribution < 1.29 is 28.6 Å². The monoisotopic (exact) mass is 419 g/mol. The molecule has 0 spiro atoms. The van der Waals surface area contributed by atoms with Gasteiger partial charge in [0.1, 0.15) is 17.9 Å². The summed E-state index contributed by atoms with van der Waals surface area (Å²) >= 11 is 0. The van der Waals surface area contributed by atoms with Crippen LogP contribution < -0.4 is 9.64 Å². The molecule has 7 nitrogen and oxygen atoms in total. The zero-order valence-electron chi connectivity index (χ0n) is 17.1. The number of hydrogen-bond acceptors (Lipinski definition) is 6. The molecular formula is C24H21NO6. The smallest absolute Gasteiger partial charge is 0.414 e. The van der Waals surface area contributed by atoms with Gasteiger partial charge in [0.15, 0.2) is 0 Å². The highest BCUT2D eigenvalue weighted by atomic mass is 16.6. The highest BCUT2D eigenvalue weighted by Gasteiger charge is 2.21. The molecule has 0 unspecified atom stereocenters. The van der Waals surface area contributed by atoms with Gasteiger partial charge < -0.3 is 14.2 Å². The topological polar surface area (TPSA) is 82.1 Å². The zero-order valence-corrected chi connectivity index (χ0v) is 17.1. The SMILES string of the molecule is COC(=O)c1ccc(N(C)C(=O)OCc2ccccc2)cc1OC(=O)c1ccccc1. The van der Waals surface area contributed by atoms with Crippen LogP contribution in [-0.2, 0) is 16.1 Å². The van der Waals surface area contributed by atoms with Crippen molar-refractivity contribution in [2.45, 2.75) is 6.61 Å². The Morgan fingerprint density at radius 3 is 2.13 bits per heavy atom. The fourth-order valence-corrected chi connectivity index (χ4v) is 2.74. The van der Waals surface area contributed by atoms with Crippen LogP contribution in [-0.4, -0.2) is 32.2 Å². The van der Waals surface area contributed by atoms with Crippen molar-refractivity contribution in [3.8, 4) is 5.75 Å². The Kier molecular flexibility index (Phi) is 7.01. The number of hydrogen-bond donors (Lipinski definition) is 0. The second-order valence-corrected chi connectivity index (χ2v) is 6.53. The summed E-state index contributed by atoms with van der Waals surface area (Å²) in [7, 11) is 2.75. The summed E-state index contributed by atoms with van der Waals surface area (Å²) in [4.78, 5) is 38.3. The Bertz CT molecular complexity index is 1070. The fourth-order valence-electron chi connectivity index (χ4n) is 2.74. The van der Waals surface area contributed by atoms with Crippen LogP contribution in [0.2, 0.25) is 0 Å². The van der Waals surface area contributed by atoms with E-state index in [1.54, 1.807) is 30.3 Å². The van der Waals surface area contributed by atoms with Gasteiger partial charge in [0.2, 0.25) is 0 Å². The normalized spacial score (nSPS) is 10.1. The van der Waals surface area contributed by atoms with E-state index in [-0.39, 0.29) is 17.9 Å². The Labute approximate surface area is 179 Å². The standard InChI is InChI=1S/C24H21NO6/c1-25(24(28)30-16-17-9-5-3-6-10-17)19-13-14-20(23(27)29-2)21(15-19)31-22(26)18-11-7-4-8-12-18/h3-15H,16H2,1-2H3. The Balaban J connectivity index is 1.80. The van der Waals surface area contributed by atoms with Crippen LogP contribution in [0.25, 0.3) is 0 Å². The van der Waals surface area contributed by atoms with Crippen LogP contribution in [0.15, 0.2) is 78.9 Å². The molecule has 0 aliphatic carbocycles. The van der Waals surface area contributed by atoms with Gasteiger partial charge in [-0.25, -0.2) is 14.4 Å². The van der Waals surface area contributed by atoms with Gasteiger partial charge >= 0.3 is 18.0 Å². The Hall–Kier alpha value is -4.13. The summed E-state index contributed by atoms with van der Waals surface area (Å²) in [5, 5.41) is 0. The molecular weight excluding hydrogens is 398 g/mol. The van der Waals surface area contributed by atoms with Crippen molar-refractivity contribution in [2.24, 2.45) is 0 Å². The number of carbonyl (C=O) groups excluding carboxylic acids is 3. The molecule has 7 heteroatoms. The molecule has 31 heavy (non-hydrogen) atoms. The van der Waals surface area contributed by atoms with Crippen LogP contribution >= 0.6 is 0 Å². The predicted molar refractivity (Wildman–Crippen MR) is 114 cm³/mol. The summed E-state index contributed by atoms with van der Waals surface area (Å²) < 4.78 is 15.5. The van der Waals surface area contributed by atoms with Gasteiger partial charge in [-0.1, -0.05) is 48.5 Å². The van der Waals surface area contributed by atoms with Crippen LogP contribution in [0.3, 0.4) is 0 Å². The highest BCUT2D eigenvalue weighted by molar-refractivity contribution is 5.97. The molecule has 158 valence electrons. The van der Waals surface area contributed by atoms with E-state index in [9.17, 15) is 14.4 Å². The van der Waals surface area contributed by atoms with Gasteiger partial charge in [0.05, 0.1) is 18.4 Å². The number of anilines is 1. The lowest BCUT2D eigenvalue weighted by Gasteiger charge is -2.19. The highest BCUT2D eigenvalue weighted by Crippen LogP contribution is 2.27. The van der Waals surface area contributed by atoms with Crippen molar-refractivity contribution in [1.82, 2.24) is 0 Å². The third kappa shape index (κ3) is 5.48. The maximum Gasteiger partial charge on any atom is 0.414 e. The largest absolute Gasteiger partial charge is 0.465 e. The van der Waals surface area contributed by atoms with Gasteiger partial charge in [-0.05, 0) is 29.8 Å². The summed E-state index contributed by atoms with van der Waals surface area (Å²) in [6.07, 6.45) is -0.602. The van der Waals surface area contributed by atoms with E-state index >= 15 is 0 Å². The van der Waals surface area contributed by atoms with Gasteiger partial charge in [0.25, 0.3) is 0 Å². The first kappa shape index (κ1) is 21.6. The van der Waals surface area contributed by atoms with E-state index in [1.165, 1.54) is 37.3 Å². The summed E-state index contributed by atoms with van der Waals surface area (Å²) in [5.41, 5.74) is 1.60. The number of carbonyl (C=O) groups is 3. The number of amides is 1. The molecule has 0 aliphatic rings. The maximum absolute atomic E-state index is 12.5. The molecule has 0 radical (unpaired) electrons. The molecule has 0 aliphatic heterocycles. The predicted octanol–water partition coefficient (Wildman–Crippen LogP) is 4.47. The molecule has 1 amide bonds. The summed E-state index contributed by atoms with van der Waals surface area (Å²) in [5.74, 6) is -1.34. The van der Waals surface area contributed by atoms with Crippen LogP contribution in [0.4, 0.5) is 10.5 Å². The number of benzene rings is 3. The lowest BCUT2D eigenvalue weighted by molar-refractivity contribution is 0.0593. The van der Waals surface area contributed by atoms with Crippen LogP contribution in [0.5, 0.6) is 5.75 Å². The Morgan fingerprint density at radius 2 is 1.48 bits per heavy atom. The number of methoxy groups -OCH3 is 1. The van der Waals surface area contributed by atoms with Crippen LogP contribution in [0, 0.1) is 0 Å². The second-order valence-electron chi connectivity index (χ2n) is 6.53. The minimum absolute atomic E-state index is 0.0269. The third-order valence-electron chi connectivity index (χ3n) is 4.45. The molecule has 0 saturated heterocycles. The molecule has 3 aromatic carbocycles. The average Bonchev–Trinajstić information content (AvgIpc) is 2.82. The fraction of sp³-hybridized carbons (Fsp3) is 0.125. The lowest BCUT2D eigenvalue weighted by Crippen LogP contribution is -2.27. The van der Waals surface area contributed by atoms with Gasteiger partial charge in [-0.3, -0.25) is 4.90 Å². The summed E-state index contributed by atoms with van der Waals surface area (Å²) in [6, 6.07) is 22.0. The average molecular weight is 419 g/mol. The molecule has 3 rings (SSSR count). The van der Waals surface area contributed by atoms with E-state index in [0.29, 0.717) is 11.3 Å². The Morgan fingerprint density at radius 1 is 0.839 bits per heavy atom. The number of rotatable bonds is 6. The second kappa shape index (κ2) is 10.1. The zero-order chi connectivity index (χ0) is 22.2. The molecule has 0 heterocycles. The quantitative estimate of drug-likeness (QED) is 0.433.